The maximum Gasteiger partial charge on any atom is 0.227 e. The van der Waals surface area contributed by atoms with Gasteiger partial charge in [0.1, 0.15) is 5.82 Å². The van der Waals surface area contributed by atoms with E-state index in [2.05, 4.69) is 5.32 Å². The van der Waals surface area contributed by atoms with Crippen LogP contribution in [0.25, 0.3) is 0 Å². The second-order valence-corrected chi connectivity index (χ2v) is 7.47. The normalized spacial score (nSPS) is 19.1. The van der Waals surface area contributed by atoms with E-state index in [1.165, 1.54) is 13.0 Å². The summed E-state index contributed by atoms with van der Waals surface area (Å²) in [5.74, 6) is -0.331. The molecule has 0 saturated carbocycles. The Morgan fingerprint density at radius 3 is 2.70 bits per heavy atom. The molecule has 0 bridgehead atoms. The average Bonchev–Trinajstić information content (AvgIpc) is 2.98. The van der Waals surface area contributed by atoms with Gasteiger partial charge in [-0.15, -0.1) is 0 Å². The molecular formula is C22H25FN2O2. The van der Waals surface area contributed by atoms with Crippen LogP contribution in [0.4, 0.5) is 10.1 Å². The monoisotopic (exact) mass is 368 g/mol. The fourth-order valence-corrected chi connectivity index (χ4v) is 3.92. The van der Waals surface area contributed by atoms with Crippen LogP contribution in [-0.4, -0.2) is 28.8 Å². The number of carbonyl (C=O) groups excluding carboxylic acids is 2. The predicted octanol–water partition coefficient (Wildman–Crippen LogP) is 3.95. The highest BCUT2D eigenvalue weighted by molar-refractivity contribution is 5.89. The molecule has 2 aromatic carbocycles. The molecule has 0 aliphatic carbocycles. The standard InChI is InChI=1S/C22H25FN2O2/c1-16(26)24-19-9-5-7-17(13-19)14-21(27)25-12-6-11-22(25,2)15-18-8-3-4-10-20(18)23/h3-5,7-10,13H,6,11-12,14-15H2,1-2H3,(H,24,26). The van der Waals surface area contributed by atoms with Crippen molar-refractivity contribution >= 4 is 17.5 Å². The highest BCUT2D eigenvalue weighted by Gasteiger charge is 2.39. The van der Waals surface area contributed by atoms with E-state index in [0.29, 0.717) is 24.2 Å². The quantitative estimate of drug-likeness (QED) is 0.869. The Kier molecular flexibility index (Phi) is 5.59. The molecule has 3 rings (SSSR count). The Morgan fingerprint density at radius 2 is 1.96 bits per heavy atom. The molecule has 1 heterocycles. The number of benzene rings is 2. The van der Waals surface area contributed by atoms with Crippen molar-refractivity contribution in [1.29, 1.82) is 0 Å². The molecule has 2 aromatic rings. The van der Waals surface area contributed by atoms with Gasteiger partial charge in [-0.05, 0) is 55.5 Å². The van der Waals surface area contributed by atoms with Gasteiger partial charge in [0.25, 0.3) is 0 Å². The Hall–Kier alpha value is -2.69. The van der Waals surface area contributed by atoms with Gasteiger partial charge in [-0.25, -0.2) is 4.39 Å². The molecule has 4 nitrogen and oxygen atoms in total. The molecule has 5 heteroatoms. The lowest BCUT2D eigenvalue weighted by atomic mass is 9.89. The van der Waals surface area contributed by atoms with Crippen LogP contribution in [0.3, 0.4) is 0 Å². The SMILES string of the molecule is CC(=O)Nc1cccc(CC(=O)N2CCCC2(C)Cc2ccccc2F)c1. The largest absolute Gasteiger partial charge is 0.337 e. The molecule has 1 saturated heterocycles. The molecular weight excluding hydrogens is 343 g/mol. The summed E-state index contributed by atoms with van der Waals surface area (Å²) >= 11 is 0. The summed E-state index contributed by atoms with van der Waals surface area (Å²) in [6.45, 7) is 4.18. The number of anilines is 1. The number of hydrogen-bond acceptors (Lipinski definition) is 2. The van der Waals surface area contributed by atoms with Gasteiger partial charge in [0, 0.05) is 24.7 Å². The van der Waals surface area contributed by atoms with Crippen molar-refractivity contribution in [2.24, 2.45) is 0 Å². The summed E-state index contributed by atoms with van der Waals surface area (Å²) in [4.78, 5) is 26.1. The average molecular weight is 368 g/mol. The predicted molar refractivity (Wildman–Crippen MR) is 104 cm³/mol. The zero-order chi connectivity index (χ0) is 19.4. The van der Waals surface area contributed by atoms with Crippen molar-refractivity contribution in [3.8, 4) is 0 Å². The van der Waals surface area contributed by atoms with Crippen LogP contribution in [0.15, 0.2) is 48.5 Å². The Bertz CT molecular complexity index is 852. The van der Waals surface area contributed by atoms with Crippen molar-refractivity contribution in [3.63, 3.8) is 0 Å². The molecule has 1 unspecified atom stereocenters. The topological polar surface area (TPSA) is 49.4 Å². The first-order chi connectivity index (χ1) is 12.9. The third-order valence-electron chi connectivity index (χ3n) is 5.18. The van der Waals surface area contributed by atoms with E-state index in [1.807, 2.05) is 36.1 Å². The lowest BCUT2D eigenvalue weighted by Gasteiger charge is -2.36. The van der Waals surface area contributed by atoms with Gasteiger partial charge in [-0.3, -0.25) is 9.59 Å². The lowest BCUT2D eigenvalue weighted by molar-refractivity contribution is -0.134. The van der Waals surface area contributed by atoms with Crippen LogP contribution >= 0.6 is 0 Å². The van der Waals surface area contributed by atoms with E-state index < -0.39 is 0 Å². The van der Waals surface area contributed by atoms with E-state index in [4.69, 9.17) is 0 Å². The number of carbonyl (C=O) groups is 2. The van der Waals surface area contributed by atoms with Crippen molar-refractivity contribution < 1.29 is 14.0 Å². The Labute approximate surface area is 159 Å². The van der Waals surface area contributed by atoms with Gasteiger partial charge in [0.15, 0.2) is 0 Å². The third-order valence-corrected chi connectivity index (χ3v) is 5.18. The molecule has 1 N–H and O–H groups in total. The second-order valence-electron chi connectivity index (χ2n) is 7.47. The molecule has 0 spiro atoms. The van der Waals surface area contributed by atoms with Crippen LogP contribution in [0.2, 0.25) is 0 Å². The number of amides is 2. The van der Waals surface area contributed by atoms with Crippen molar-refractivity contribution in [2.45, 2.75) is 45.1 Å². The molecule has 1 fully saturated rings. The molecule has 142 valence electrons. The van der Waals surface area contributed by atoms with Crippen LogP contribution in [0.5, 0.6) is 0 Å². The maximum atomic E-state index is 14.1. The molecule has 27 heavy (non-hydrogen) atoms. The summed E-state index contributed by atoms with van der Waals surface area (Å²) in [5, 5.41) is 2.74. The van der Waals surface area contributed by atoms with Crippen molar-refractivity contribution in [1.82, 2.24) is 4.90 Å². The smallest absolute Gasteiger partial charge is 0.227 e. The zero-order valence-electron chi connectivity index (χ0n) is 15.8. The fraction of sp³-hybridized carbons (Fsp3) is 0.364. The summed E-state index contributed by atoms with van der Waals surface area (Å²) in [6.07, 6.45) is 2.55. The first-order valence-corrected chi connectivity index (χ1v) is 9.28. The number of rotatable bonds is 5. The van der Waals surface area contributed by atoms with Crippen molar-refractivity contribution in [3.05, 3.63) is 65.5 Å². The van der Waals surface area contributed by atoms with E-state index in [9.17, 15) is 14.0 Å². The van der Waals surface area contributed by atoms with Gasteiger partial charge in [-0.2, -0.15) is 0 Å². The Morgan fingerprint density at radius 1 is 1.19 bits per heavy atom. The fourth-order valence-electron chi connectivity index (χ4n) is 3.92. The van der Waals surface area contributed by atoms with Crippen LogP contribution in [0.1, 0.15) is 37.8 Å². The molecule has 0 radical (unpaired) electrons. The molecule has 1 aliphatic rings. The zero-order valence-corrected chi connectivity index (χ0v) is 15.8. The second kappa shape index (κ2) is 7.91. The van der Waals surface area contributed by atoms with E-state index in [0.717, 1.165) is 18.4 Å². The number of halogens is 1. The summed E-state index contributed by atoms with van der Waals surface area (Å²) < 4.78 is 14.1. The third kappa shape index (κ3) is 4.54. The summed E-state index contributed by atoms with van der Waals surface area (Å²) in [5.41, 5.74) is 1.80. The minimum absolute atomic E-state index is 0.0336. The molecule has 2 amide bonds. The molecule has 1 atom stereocenters. The first-order valence-electron chi connectivity index (χ1n) is 9.28. The number of hydrogen-bond donors (Lipinski definition) is 1. The van der Waals surface area contributed by atoms with Gasteiger partial charge >= 0.3 is 0 Å². The minimum Gasteiger partial charge on any atom is -0.337 e. The van der Waals surface area contributed by atoms with Crippen LogP contribution in [-0.2, 0) is 22.4 Å². The summed E-state index contributed by atoms with van der Waals surface area (Å²) in [6, 6.07) is 14.1. The number of nitrogens with zero attached hydrogens (tertiary/aromatic N) is 1. The number of nitrogens with one attached hydrogen (secondary N) is 1. The van der Waals surface area contributed by atoms with E-state index >= 15 is 0 Å². The van der Waals surface area contributed by atoms with E-state index in [1.54, 1.807) is 18.2 Å². The Balaban J connectivity index is 1.74. The lowest BCUT2D eigenvalue weighted by Crippen LogP contribution is -2.47. The summed E-state index contributed by atoms with van der Waals surface area (Å²) in [7, 11) is 0. The van der Waals surface area contributed by atoms with Gasteiger partial charge in [0.2, 0.25) is 11.8 Å². The first kappa shape index (κ1) is 19.1. The maximum absolute atomic E-state index is 14.1. The number of likely N-dealkylation sites (tertiary alicyclic amines) is 1. The highest BCUT2D eigenvalue weighted by atomic mass is 19.1. The van der Waals surface area contributed by atoms with Gasteiger partial charge in [-0.1, -0.05) is 30.3 Å². The highest BCUT2D eigenvalue weighted by Crippen LogP contribution is 2.33. The van der Waals surface area contributed by atoms with Crippen molar-refractivity contribution in [2.75, 3.05) is 11.9 Å². The molecule has 0 aromatic heterocycles. The van der Waals surface area contributed by atoms with E-state index in [-0.39, 0.29) is 29.6 Å². The minimum atomic E-state index is -0.380. The van der Waals surface area contributed by atoms with Gasteiger partial charge < -0.3 is 10.2 Å². The van der Waals surface area contributed by atoms with Crippen LogP contribution in [0, 0.1) is 5.82 Å². The van der Waals surface area contributed by atoms with Crippen LogP contribution < -0.4 is 5.32 Å². The van der Waals surface area contributed by atoms with Gasteiger partial charge in [0.05, 0.1) is 6.42 Å². The molecule has 1 aliphatic heterocycles.